The van der Waals surface area contributed by atoms with Crippen molar-refractivity contribution in [2.45, 2.75) is 0 Å². The van der Waals surface area contributed by atoms with Crippen LogP contribution in [0.25, 0.3) is 0 Å². The van der Waals surface area contributed by atoms with Crippen LogP contribution in [-0.4, -0.2) is 39.9 Å². The Balaban J connectivity index is 1.87. The van der Waals surface area contributed by atoms with E-state index in [1.807, 2.05) is 42.5 Å². The highest BCUT2D eigenvalue weighted by molar-refractivity contribution is 5.94. The fourth-order valence-electron chi connectivity index (χ4n) is 2.08. The summed E-state index contributed by atoms with van der Waals surface area (Å²) >= 11 is 0. The molecule has 0 aromatic heterocycles. The molecule has 2 rings (SSSR count). The number of benzene rings is 2. The van der Waals surface area contributed by atoms with Crippen LogP contribution in [0, 0.1) is 0 Å². The molecule has 0 atom stereocenters. The molecule has 0 aliphatic rings. The van der Waals surface area contributed by atoms with Gasteiger partial charge < -0.3 is 24.8 Å². The Kier molecular flexibility index (Phi) is 6.91. The van der Waals surface area contributed by atoms with Gasteiger partial charge >= 0.3 is 0 Å². The van der Waals surface area contributed by atoms with E-state index in [-0.39, 0.29) is 12.5 Å². The third-order valence-corrected chi connectivity index (χ3v) is 3.22. The normalized spacial score (nSPS) is 10.1. The quantitative estimate of drug-likeness (QED) is 0.692. The molecule has 2 N–H and O–H groups in total. The summed E-state index contributed by atoms with van der Waals surface area (Å²) in [6, 6.07) is 14.7. The van der Waals surface area contributed by atoms with E-state index in [1.54, 1.807) is 20.3 Å². The number of nitrogens with one attached hydrogen (secondary N) is 2. The van der Waals surface area contributed by atoms with E-state index < -0.39 is 0 Å². The predicted octanol–water partition coefficient (Wildman–Crippen LogP) is 2.77. The van der Waals surface area contributed by atoms with Gasteiger partial charge in [-0.05, 0) is 24.3 Å². The van der Waals surface area contributed by atoms with Gasteiger partial charge in [-0.25, -0.2) is 0 Å². The van der Waals surface area contributed by atoms with Crippen LogP contribution in [0.5, 0.6) is 11.5 Å². The SMILES string of the molecule is COCCOc1cccc(NC(=O)CNc2ccccc2OC)c1. The van der Waals surface area contributed by atoms with Crippen molar-refractivity contribution in [1.29, 1.82) is 0 Å². The molecule has 0 unspecified atom stereocenters. The van der Waals surface area contributed by atoms with Crippen LogP contribution in [0.2, 0.25) is 0 Å². The summed E-state index contributed by atoms with van der Waals surface area (Å²) in [6.07, 6.45) is 0. The maximum atomic E-state index is 12.1. The van der Waals surface area contributed by atoms with Crippen LogP contribution < -0.4 is 20.1 Å². The van der Waals surface area contributed by atoms with E-state index in [1.165, 1.54) is 0 Å². The monoisotopic (exact) mass is 330 g/mol. The van der Waals surface area contributed by atoms with Crippen LogP contribution in [0.1, 0.15) is 0 Å². The van der Waals surface area contributed by atoms with Crippen LogP contribution in [-0.2, 0) is 9.53 Å². The number of para-hydroxylation sites is 2. The van der Waals surface area contributed by atoms with Gasteiger partial charge in [0.2, 0.25) is 5.91 Å². The lowest BCUT2D eigenvalue weighted by atomic mass is 10.3. The number of anilines is 2. The molecule has 0 heterocycles. The molecule has 128 valence electrons. The zero-order valence-electron chi connectivity index (χ0n) is 13.9. The van der Waals surface area contributed by atoms with Crippen LogP contribution in [0.4, 0.5) is 11.4 Å². The lowest BCUT2D eigenvalue weighted by Crippen LogP contribution is -2.22. The largest absolute Gasteiger partial charge is 0.495 e. The smallest absolute Gasteiger partial charge is 0.243 e. The molecule has 0 aliphatic heterocycles. The first-order chi connectivity index (χ1) is 11.7. The number of ether oxygens (including phenoxy) is 3. The number of rotatable bonds is 9. The number of carbonyl (C=O) groups excluding carboxylic acids is 1. The minimum absolute atomic E-state index is 0.134. The summed E-state index contributed by atoms with van der Waals surface area (Å²) in [7, 11) is 3.21. The zero-order chi connectivity index (χ0) is 17.2. The molecule has 2 aromatic rings. The molecule has 24 heavy (non-hydrogen) atoms. The summed E-state index contributed by atoms with van der Waals surface area (Å²) in [4.78, 5) is 12.1. The van der Waals surface area contributed by atoms with Crippen molar-refractivity contribution in [3.05, 3.63) is 48.5 Å². The molecule has 0 bridgehead atoms. The Morgan fingerprint density at radius 3 is 2.67 bits per heavy atom. The molecule has 1 amide bonds. The summed E-state index contributed by atoms with van der Waals surface area (Å²) in [5, 5.41) is 5.88. The maximum Gasteiger partial charge on any atom is 0.243 e. The van der Waals surface area contributed by atoms with E-state index in [0.29, 0.717) is 30.4 Å². The number of methoxy groups -OCH3 is 2. The third kappa shape index (κ3) is 5.48. The van der Waals surface area contributed by atoms with Gasteiger partial charge in [-0.3, -0.25) is 4.79 Å². The summed E-state index contributed by atoms with van der Waals surface area (Å²) in [6.45, 7) is 1.11. The van der Waals surface area contributed by atoms with Gasteiger partial charge in [0.05, 0.1) is 25.9 Å². The molecule has 0 spiro atoms. The average molecular weight is 330 g/mol. The number of amides is 1. The highest BCUT2D eigenvalue weighted by atomic mass is 16.5. The molecule has 0 saturated heterocycles. The summed E-state index contributed by atoms with van der Waals surface area (Å²) in [5.74, 6) is 1.22. The first-order valence-electron chi connectivity index (χ1n) is 7.61. The second kappa shape index (κ2) is 9.42. The van der Waals surface area contributed by atoms with Gasteiger partial charge in [0.15, 0.2) is 0 Å². The highest BCUT2D eigenvalue weighted by Crippen LogP contribution is 2.22. The first kappa shape index (κ1) is 17.6. The van der Waals surface area contributed by atoms with Gasteiger partial charge in [-0.1, -0.05) is 18.2 Å². The van der Waals surface area contributed by atoms with Crippen molar-refractivity contribution < 1.29 is 19.0 Å². The Morgan fingerprint density at radius 2 is 1.88 bits per heavy atom. The van der Waals surface area contributed by atoms with Gasteiger partial charge in [0.25, 0.3) is 0 Å². The second-order valence-electron chi connectivity index (χ2n) is 4.97. The lowest BCUT2D eigenvalue weighted by Gasteiger charge is -2.12. The molecular weight excluding hydrogens is 308 g/mol. The Bertz CT molecular complexity index is 661. The van der Waals surface area contributed by atoms with Gasteiger partial charge in [0.1, 0.15) is 18.1 Å². The van der Waals surface area contributed by atoms with Gasteiger partial charge in [-0.15, -0.1) is 0 Å². The molecule has 6 nitrogen and oxygen atoms in total. The number of carbonyl (C=O) groups is 1. The molecular formula is C18H22N2O4. The molecule has 0 saturated carbocycles. The minimum Gasteiger partial charge on any atom is -0.495 e. The summed E-state index contributed by atoms with van der Waals surface area (Å²) in [5.41, 5.74) is 1.45. The van der Waals surface area contributed by atoms with Gasteiger partial charge in [0, 0.05) is 18.9 Å². The highest BCUT2D eigenvalue weighted by Gasteiger charge is 2.06. The molecule has 2 aromatic carbocycles. The number of hydrogen-bond donors (Lipinski definition) is 2. The van der Waals surface area contributed by atoms with Crippen LogP contribution >= 0.6 is 0 Å². The van der Waals surface area contributed by atoms with E-state index in [9.17, 15) is 4.79 Å². The minimum atomic E-state index is -0.157. The average Bonchev–Trinajstić information content (AvgIpc) is 2.61. The molecule has 6 heteroatoms. The molecule has 0 radical (unpaired) electrons. The lowest BCUT2D eigenvalue weighted by molar-refractivity contribution is -0.114. The fraction of sp³-hybridized carbons (Fsp3) is 0.278. The number of hydrogen-bond acceptors (Lipinski definition) is 5. The van der Waals surface area contributed by atoms with Crippen molar-refractivity contribution >= 4 is 17.3 Å². The Hall–Kier alpha value is -2.73. The standard InChI is InChI=1S/C18H22N2O4/c1-22-10-11-24-15-7-5-6-14(12-15)20-18(21)13-19-16-8-3-4-9-17(16)23-2/h3-9,12,19H,10-11,13H2,1-2H3,(H,20,21). The van der Waals surface area contributed by atoms with E-state index in [0.717, 1.165) is 5.69 Å². The van der Waals surface area contributed by atoms with E-state index in [2.05, 4.69) is 10.6 Å². The topological polar surface area (TPSA) is 68.8 Å². The molecule has 0 fully saturated rings. The maximum absolute atomic E-state index is 12.1. The second-order valence-corrected chi connectivity index (χ2v) is 4.97. The fourth-order valence-corrected chi connectivity index (χ4v) is 2.08. The van der Waals surface area contributed by atoms with Gasteiger partial charge in [-0.2, -0.15) is 0 Å². The summed E-state index contributed by atoms with van der Waals surface area (Å²) < 4.78 is 15.7. The first-order valence-corrected chi connectivity index (χ1v) is 7.61. The van der Waals surface area contributed by atoms with Crippen molar-refractivity contribution in [2.24, 2.45) is 0 Å². The van der Waals surface area contributed by atoms with Crippen molar-refractivity contribution in [1.82, 2.24) is 0 Å². The van der Waals surface area contributed by atoms with E-state index in [4.69, 9.17) is 14.2 Å². The van der Waals surface area contributed by atoms with Crippen molar-refractivity contribution in [2.75, 3.05) is 44.6 Å². The van der Waals surface area contributed by atoms with Crippen LogP contribution in [0.3, 0.4) is 0 Å². The zero-order valence-corrected chi connectivity index (χ0v) is 13.9. The Labute approximate surface area is 141 Å². The third-order valence-electron chi connectivity index (χ3n) is 3.22. The van der Waals surface area contributed by atoms with E-state index >= 15 is 0 Å². The van der Waals surface area contributed by atoms with Crippen LogP contribution in [0.15, 0.2) is 48.5 Å². The molecule has 0 aliphatic carbocycles. The van der Waals surface area contributed by atoms with Crippen molar-refractivity contribution in [3.8, 4) is 11.5 Å². The van der Waals surface area contributed by atoms with Crippen molar-refractivity contribution in [3.63, 3.8) is 0 Å². The predicted molar refractivity (Wildman–Crippen MR) is 93.9 cm³/mol. The Morgan fingerprint density at radius 1 is 1.04 bits per heavy atom.